The first-order chi connectivity index (χ1) is 11.9. The summed E-state index contributed by atoms with van der Waals surface area (Å²) in [5, 5.41) is 9.68. The molecule has 2 aromatic carbocycles. The number of benzene rings is 2. The number of rotatable bonds is 4. The molecule has 3 aromatic rings. The molecule has 7 heteroatoms. The van der Waals surface area contributed by atoms with E-state index in [-0.39, 0.29) is 0 Å². The van der Waals surface area contributed by atoms with E-state index in [9.17, 15) is 13.2 Å². The average molecular weight is 381 g/mol. The normalized spacial score (nSPS) is 11.5. The molecule has 25 heavy (non-hydrogen) atoms. The summed E-state index contributed by atoms with van der Waals surface area (Å²) in [5.41, 5.74) is 1.79. The maximum absolute atomic E-state index is 12.5. The lowest BCUT2D eigenvalue weighted by atomic mass is 10.1. The quantitative estimate of drug-likeness (QED) is 0.511. The van der Waals surface area contributed by atoms with Crippen molar-refractivity contribution in [1.29, 1.82) is 0 Å². The summed E-state index contributed by atoms with van der Waals surface area (Å²) in [6.07, 6.45) is -4.31. The number of hydrogen-bond donors (Lipinski definition) is 0. The molecular weight excluding hydrogens is 369 g/mol. The van der Waals surface area contributed by atoms with Crippen molar-refractivity contribution in [3.05, 3.63) is 76.8 Å². The van der Waals surface area contributed by atoms with E-state index in [0.29, 0.717) is 15.8 Å². The van der Waals surface area contributed by atoms with Crippen LogP contribution in [0.5, 0.6) is 0 Å². The van der Waals surface area contributed by atoms with Crippen LogP contribution in [0.3, 0.4) is 0 Å². The summed E-state index contributed by atoms with van der Waals surface area (Å²) >= 11 is 7.27. The summed E-state index contributed by atoms with van der Waals surface area (Å²) in [4.78, 5) is 0. The van der Waals surface area contributed by atoms with Crippen LogP contribution in [-0.2, 0) is 11.9 Å². The molecule has 3 rings (SSSR count). The minimum absolute atomic E-state index is 0.521. The number of halogens is 4. The molecule has 0 amide bonds. The first-order valence-electron chi connectivity index (χ1n) is 7.30. The van der Waals surface area contributed by atoms with Crippen LogP contribution in [0.4, 0.5) is 13.2 Å². The number of aromatic nitrogens is 2. The second kappa shape index (κ2) is 7.45. The maximum Gasteiger partial charge on any atom is 0.416 e. The van der Waals surface area contributed by atoms with Gasteiger partial charge in [-0.15, -0.1) is 10.2 Å². The number of nitrogens with zero attached hydrogens (tertiary/aromatic N) is 2. The molecular formula is C18H12ClF3N2S. The van der Waals surface area contributed by atoms with Gasteiger partial charge in [0.15, 0.2) is 0 Å². The Kier molecular flexibility index (Phi) is 5.30. The predicted molar refractivity (Wildman–Crippen MR) is 93.5 cm³/mol. The SMILES string of the molecule is FC(F)(F)c1ccc(CSc2ccc(-c3ccc(Cl)cc3)nn2)cc1. The van der Waals surface area contributed by atoms with Crippen molar-refractivity contribution in [2.45, 2.75) is 17.0 Å². The van der Waals surface area contributed by atoms with Crippen LogP contribution < -0.4 is 0 Å². The summed E-state index contributed by atoms with van der Waals surface area (Å²) in [7, 11) is 0. The zero-order valence-electron chi connectivity index (χ0n) is 12.8. The van der Waals surface area contributed by atoms with Gasteiger partial charge in [0.25, 0.3) is 0 Å². The lowest BCUT2D eigenvalue weighted by Gasteiger charge is -2.07. The summed E-state index contributed by atoms with van der Waals surface area (Å²) in [5.74, 6) is 0.521. The van der Waals surface area contributed by atoms with Gasteiger partial charge in [0.2, 0.25) is 0 Å². The van der Waals surface area contributed by atoms with Gasteiger partial charge in [-0.3, -0.25) is 0 Å². The maximum atomic E-state index is 12.5. The smallest absolute Gasteiger partial charge is 0.166 e. The van der Waals surface area contributed by atoms with E-state index in [2.05, 4.69) is 10.2 Å². The van der Waals surface area contributed by atoms with Crippen molar-refractivity contribution in [2.24, 2.45) is 0 Å². The summed E-state index contributed by atoms with van der Waals surface area (Å²) < 4.78 is 37.6. The van der Waals surface area contributed by atoms with Crippen LogP contribution in [0.25, 0.3) is 11.3 Å². The molecule has 0 saturated heterocycles. The van der Waals surface area contributed by atoms with E-state index >= 15 is 0 Å². The van der Waals surface area contributed by atoms with Crippen molar-refractivity contribution < 1.29 is 13.2 Å². The molecule has 0 aliphatic heterocycles. The molecule has 1 aromatic heterocycles. The zero-order chi connectivity index (χ0) is 17.9. The molecule has 0 saturated carbocycles. The summed E-state index contributed by atoms with van der Waals surface area (Å²) in [6.45, 7) is 0. The Hall–Kier alpha value is -2.05. The molecule has 128 valence electrons. The van der Waals surface area contributed by atoms with Gasteiger partial charge in [0, 0.05) is 16.3 Å². The van der Waals surface area contributed by atoms with Crippen LogP contribution in [0.15, 0.2) is 65.7 Å². The first-order valence-corrected chi connectivity index (χ1v) is 8.67. The van der Waals surface area contributed by atoms with Crippen molar-refractivity contribution in [1.82, 2.24) is 10.2 Å². The van der Waals surface area contributed by atoms with E-state index in [0.717, 1.165) is 29.0 Å². The van der Waals surface area contributed by atoms with Crippen molar-refractivity contribution >= 4 is 23.4 Å². The molecule has 0 N–H and O–H groups in total. The van der Waals surface area contributed by atoms with Crippen molar-refractivity contribution in [2.75, 3.05) is 0 Å². The molecule has 0 radical (unpaired) electrons. The Morgan fingerprint density at radius 1 is 0.840 bits per heavy atom. The Balaban J connectivity index is 1.63. The second-order valence-electron chi connectivity index (χ2n) is 5.25. The van der Waals surface area contributed by atoms with Gasteiger partial charge >= 0.3 is 6.18 Å². The molecule has 1 heterocycles. The van der Waals surface area contributed by atoms with E-state index in [4.69, 9.17) is 11.6 Å². The third kappa shape index (κ3) is 4.74. The van der Waals surface area contributed by atoms with Crippen LogP contribution in [0.2, 0.25) is 5.02 Å². The molecule has 0 bridgehead atoms. The molecule has 0 fully saturated rings. The van der Waals surface area contributed by atoms with Gasteiger partial charge in [0.1, 0.15) is 5.03 Å². The Morgan fingerprint density at radius 2 is 1.52 bits per heavy atom. The monoisotopic (exact) mass is 380 g/mol. The first kappa shape index (κ1) is 17.8. The van der Waals surface area contributed by atoms with E-state index in [1.165, 1.54) is 23.9 Å². The highest BCUT2D eigenvalue weighted by Crippen LogP contribution is 2.30. The minimum Gasteiger partial charge on any atom is -0.166 e. The topological polar surface area (TPSA) is 25.8 Å². The van der Waals surface area contributed by atoms with Crippen molar-refractivity contribution in [3.8, 4) is 11.3 Å². The van der Waals surface area contributed by atoms with Gasteiger partial charge in [-0.25, -0.2) is 0 Å². The highest BCUT2D eigenvalue weighted by atomic mass is 35.5. The van der Waals surface area contributed by atoms with E-state index in [1.54, 1.807) is 12.1 Å². The Labute approximate surface area is 152 Å². The number of alkyl halides is 3. The highest BCUT2D eigenvalue weighted by molar-refractivity contribution is 7.98. The lowest BCUT2D eigenvalue weighted by molar-refractivity contribution is -0.137. The lowest BCUT2D eigenvalue weighted by Crippen LogP contribution is -2.04. The zero-order valence-corrected chi connectivity index (χ0v) is 14.4. The largest absolute Gasteiger partial charge is 0.416 e. The fraction of sp³-hybridized carbons (Fsp3) is 0.111. The van der Waals surface area contributed by atoms with Gasteiger partial charge in [-0.2, -0.15) is 13.2 Å². The van der Waals surface area contributed by atoms with Gasteiger partial charge in [-0.05, 0) is 42.0 Å². The van der Waals surface area contributed by atoms with Crippen LogP contribution in [0, 0.1) is 0 Å². The molecule has 0 aliphatic carbocycles. The summed E-state index contributed by atoms with van der Waals surface area (Å²) in [6, 6.07) is 16.1. The Bertz CT molecular complexity index is 832. The van der Waals surface area contributed by atoms with Gasteiger partial charge in [0.05, 0.1) is 11.3 Å². The molecule has 0 atom stereocenters. The molecule has 2 nitrogen and oxygen atoms in total. The van der Waals surface area contributed by atoms with Gasteiger partial charge < -0.3 is 0 Å². The van der Waals surface area contributed by atoms with E-state index in [1.807, 2.05) is 24.3 Å². The van der Waals surface area contributed by atoms with Gasteiger partial charge in [-0.1, -0.05) is 47.6 Å². The molecule has 0 spiro atoms. The van der Waals surface area contributed by atoms with Crippen LogP contribution in [0.1, 0.15) is 11.1 Å². The fourth-order valence-corrected chi connectivity index (χ4v) is 3.01. The van der Waals surface area contributed by atoms with Crippen molar-refractivity contribution in [3.63, 3.8) is 0 Å². The van der Waals surface area contributed by atoms with E-state index < -0.39 is 11.7 Å². The second-order valence-corrected chi connectivity index (χ2v) is 6.68. The number of hydrogen-bond acceptors (Lipinski definition) is 3. The Morgan fingerprint density at radius 3 is 2.08 bits per heavy atom. The molecule has 0 aliphatic rings. The van der Waals surface area contributed by atoms with Crippen LogP contribution in [-0.4, -0.2) is 10.2 Å². The third-order valence-electron chi connectivity index (χ3n) is 3.45. The average Bonchev–Trinajstić information content (AvgIpc) is 2.61. The number of thioether (sulfide) groups is 1. The highest BCUT2D eigenvalue weighted by Gasteiger charge is 2.29. The predicted octanol–water partition coefficient (Wildman–Crippen LogP) is 6.11. The van der Waals surface area contributed by atoms with Crippen LogP contribution >= 0.6 is 23.4 Å². The third-order valence-corrected chi connectivity index (χ3v) is 4.69. The molecule has 0 unspecified atom stereocenters. The standard InChI is InChI=1S/C18H12ClF3N2S/c19-15-7-3-13(4-8-15)16-9-10-17(24-23-16)25-11-12-1-5-14(6-2-12)18(20,21)22/h1-10H,11H2. The fourth-order valence-electron chi connectivity index (χ4n) is 2.12. The minimum atomic E-state index is -4.31.